The van der Waals surface area contributed by atoms with Crippen LogP contribution in [0.15, 0.2) is 84.4 Å². The summed E-state index contributed by atoms with van der Waals surface area (Å²) in [6.45, 7) is 4.33. The first-order valence-electron chi connectivity index (χ1n) is 11.3. The van der Waals surface area contributed by atoms with Crippen molar-refractivity contribution in [1.82, 2.24) is 0 Å². The first kappa shape index (κ1) is 23.6. The number of hydrogen-bond acceptors (Lipinski definition) is 4. The fraction of sp³-hybridized carbons (Fsp3) is 0.133. The standard InChI is InChI=1S/C30H26N2O3/c1-20-7-6-9-25(15-20)32-30(33)24(18-31)16-23-13-14-26(34-3)17-29(23)35-19-28-21(2)11-12-22-8-4-5-10-27(22)28/h4-17H,19H2,1-3H3,(H,32,33)/b24-16+. The van der Waals surface area contributed by atoms with E-state index in [0.717, 1.165) is 27.5 Å². The average Bonchev–Trinajstić information content (AvgIpc) is 2.87. The minimum atomic E-state index is -0.482. The van der Waals surface area contributed by atoms with Crippen molar-refractivity contribution < 1.29 is 14.3 Å². The van der Waals surface area contributed by atoms with Crippen molar-refractivity contribution in [2.75, 3.05) is 12.4 Å². The Hall–Kier alpha value is -4.56. The van der Waals surface area contributed by atoms with Gasteiger partial charge in [-0.25, -0.2) is 0 Å². The molecule has 5 nitrogen and oxygen atoms in total. The van der Waals surface area contributed by atoms with E-state index in [-0.39, 0.29) is 5.57 Å². The molecule has 1 N–H and O–H groups in total. The lowest BCUT2D eigenvalue weighted by Crippen LogP contribution is -2.13. The van der Waals surface area contributed by atoms with Gasteiger partial charge in [-0.2, -0.15) is 5.26 Å². The number of carbonyl (C=O) groups is 1. The first-order valence-corrected chi connectivity index (χ1v) is 11.3. The highest BCUT2D eigenvalue weighted by atomic mass is 16.5. The summed E-state index contributed by atoms with van der Waals surface area (Å²) in [5, 5.41) is 14.8. The van der Waals surface area contributed by atoms with Crippen LogP contribution in [0.5, 0.6) is 11.5 Å². The predicted molar refractivity (Wildman–Crippen MR) is 139 cm³/mol. The smallest absolute Gasteiger partial charge is 0.266 e. The van der Waals surface area contributed by atoms with E-state index in [0.29, 0.717) is 29.4 Å². The van der Waals surface area contributed by atoms with Crippen LogP contribution in [0.4, 0.5) is 5.69 Å². The summed E-state index contributed by atoms with van der Waals surface area (Å²) < 4.78 is 11.6. The Balaban J connectivity index is 1.64. The van der Waals surface area contributed by atoms with Crippen molar-refractivity contribution in [3.63, 3.8) is 0 Å². The average molecular weight is 463 g/mol. The van der Waals surface area contributed by atoms with Crippen LogP contribution in [-0.2, 0) is 11.4 Å². The van der Waals surface area contributed by atoms with Crippen LogP contribution in [0.25, 0.3) is 16.8 Å². The molecule has 0 aliphatic carbocycles. The maximum Gasteiger partial charge on any atom is 0.266 e. The van der Waals surface area contributed by atoms with Crippen molar-refractivity contribution >= 4 is 28.4 Å². The summed E-state index contributed by atoms with van der Waals surface area (Å²) in [6, 6.07) is 27.1. The second kappa shape index (κ2) is 10.6. The molecule has 1 amide bonds. The largest absolute Gasteiger partial charge is 0.497 e. The van der Waals surface area contributed by atoms with Crippen LogP contribution < -0.4 is 14.8 Å². The van der Waals surface area contributed by atoms with Crippen molar-refractivity contribution in [3.8, 4) is 17.6 Å². The number of fused-ring (bicyclic) bond motifs is 1. The Morgan fingerprint density at radius 2 is 1.83 bits per heavy atom. The molecule has 0 unspecified atom stereocenters. The van der Waals surface area contributed by atoms with E-state index >= 15 is 0 Å². The highest BCUT2D eigenvalue weighted by molar-refractivity contribution is 6.09. The third-order valence-corrected chi connectivity index (χ3v) is 5.81. The third-order valence-electron chi connectivity index (χ3n) is 5.81. The number of amides is 1. The van der Waals surface area contributed by atoms with Gasteiger partial charge in [0.2, 0.25) is 0 Å². The second-order valence-electron chi connectivity index (χ2n) is 8.27. The van der Waals surface area contributed by atoms with E-state index in [9.17, 15) is 10.1 Å². The van der Waals surface area contributed by atoms with E-state index in [1.54, 1.807) is 31.4 Å². The van der Waals surface area contributed by atoms with Crippen LogP contribution in [0.3, 0.4) is 0 Å². The number of carbonyl (C=O) groups excluding carboxylic acids is 1. The summed E-state index contributed by atoms with van der Waals surface area (Å²) in [7, 11) is 1.58. The number of nitrogens with one attached hydrogen (secondary N) is 1. The highest BCUT2D eigenvalue weighted by Gasteiger charge is 2.13. The molecular formula is C30H26N2O3. The van der Waals surface area contributed by atoms with Gasteiger partial charge in [0.1, 0.15) is 29.7 Å². The summed E-state index contributed by atoms with van der Waals surface area (Å²) in [6.07, 6.45) is 1.54. The SMILES string of the molecule is COc1ccc(/C=C(\C#N)C(=O)Nc2cccc(C)c2)c(OCc2c(C)ccc3ccccc23)c1. The zero-order chi connectivity index (χ0) is 24.8. The zero-order valence-electron chi connectivity index (χ0n) is 20.0. The molecule has 0 aliphatic heterocycles. The number of hydrogen-bond donors (Lipinski definition) is 1. The lowest BCUT2D eigenvalue weighted by atomic mass is 10.0. The van der Waals surface area contributed by atoms with Crippen LogP contribution in [0, 0.1) is 25.2 Å². The Morgan fingerprint density at radius 3 is 2.60 bits per heavy atom. The van der Waals surface area contributed by atoms with E-state index < -0.39 is 5.91 Å². The minimum absolute atomic E-state index is 0.0251. The molecule has 5 heteroatoms. The fourth-order valence-corrected chi connectivity index (χ4v) is 3.90. The molecule has 4 aromatic rings. The molecule has 0 radical (unpaired) electrons. The Bertz CT molecular complexity index is 1460. The van der Waals surface area contributed by atoms with Crippen LogP contribution >= 0.6 is 0 Å². The lowest BCUT2D eigenvalue weighted by Gasteiger charge is -2.15. The van der Waals surface area contributed by atoms with Crippen molar-refractivity contribution in [1.29, 1.82) is 5.26 Å². The molecule has 0 aromatic heterocycles. The molecule has 0 bridgehead atoms. The Morgan fingerprint density at radius 1 is 1.00 bits per heavy atom. The van der Waals surface area contributed by atoms with Gasteiger partial charge in [-0.05, 0) is 66.1 Å². The van der Waals surface area contributed by atoms with Gasteiger partial charge in [-0.15, -0.1) is 0 Å². The monoisotopic (exact) mass is 462 g/mol. The van der Waals surface area contributed by atoms with Gasteiger partial charge in [0.05, 0.1) is 7.11 Å². The highest BCUT2D eigenvalue weighted by Crippen LogP contribution is 2.30. The fourth-order valence-electron chi connectivity index (χ4n) is 3.90. The van der Waals surface area contributed by atoms with Crippen LogP contribution in [-0.4, -0.2) is 13.0 Å². The number of ether oxygens (including phenoxy) is 2. The second-order valence-corrected chi connectivity index (χ2v) is 8.27. The number of benzene rings is 4. The number of nitriles is 1. The van der Waals surface area contributed by atoms with Crippen molar-refractivity contribution in [2.24, 2.45) is 0 Å². The maximum absolute atomic E-state index is 12.8. The predicted octanol–water partition coefficient (Wildman–Crippen LogP) is 6.59. The Kier molecular flexibility index (Phi) is 7.13. The molecule has 35 heavy (non-hydrogen) atoms. The van der Waals surface area contributed by atoms with E-state index in [1.165, 1.54) is 6.08 Å². The summed E-state index contributed by atoms with van der Waals surface area (Å²) in [5.41, 5.74) is 4.44. The minimum Gasteiger partial charge on any atom is -0.497 e. The van der Waals surface area contributed by atoms with Gasteiger partial charge in [-0.1, -0.05) is 48.5 Å². The molecule has 0 heterocycles. The number of methoxy groups -OCH3 is 1. The van der Waals surface area contributed by atoms with Crippen LogP contribution in [0.1, 0.15) is 22.3 Å². The number of rotatable bonds is 7. The summed E-state index contributed by atoms with van der Waals surface area (Å²) in [4.78, 5) is 12.8. The summed E-state index contributed by atoms with van der Waals surface area (Å²) >= 11 is 0. The number of aryl methyl sites for hydroxylation is 2. The number of nitrogens with zero attached hydrogens (tertiary/aromatic N) is 1. The maximum atomic E-state index is 12.8. The van der Waals surface area contributed by atoms with Gasteiger partial charge in [0.25, 0.3) is 5.91 Å². The van der Waals surface area contributed by atoms with E-state index in [4.69, 9.17) is 9.47 Å². The topological polar surface area (TPSA) is 71.3 Å². The molecule has 0 saturated carbocycles. The molecular weight excluding hydrogens is 436 g/mol. The van der Waals surface area contributed by atoms with Crippen molar-refractivity contribution in [3.05, 3.63) is 107 Å². The molecule has 0 aliphatic rings. The Labute approximate surface area is 205 Å². The van der Waals surface area contributed by atoms with Gasteiger partial charge in [0, 0.05) is 22.9 Å². The molecule has 174 valence electrons. The van der Waals surface area contributed by atoms with E-state index in [1.807, 2.05) is 43.3 Å². The summed E-state index contributed by atoms with van der Waals surface area (Å²) in [5.74, 6) is 0.659. The molecule has 0 spiro atoms. The first-order chi connectivity index (χ1) is 17.0. The van der Waals surface area contributed by atoms with Crippen molar-refractivity contribution in [2.45, 2.75) is 20.5 Å². The van der Waals surface area contributed by atoms with Crippen LogP contribution in [0.2, 0.25) is 0 Å². The van der Waals surface area contributed by atoms with Gasteiger partial charge in [0.15, 0.2) is 0 Å². The molecule has 0 atom stereocenters. The quantitative estimate of drug-likeness (QED) is 0.248. The van der Waals surface area contributed by atoms with Gasteiger partial charge in [-0.3, -0.25) is 4.79 Å². The third kappa shape index (κ3) is 5.51. The zero-order valence-corrected chi connectivity index (χ0v) is 20.0. The molecule has 0 saturated heterocycles. The molecule has 4 aromatic carbocycles. The lowest BCUT2D eigenvalue weighted by molar-refractivity contribution is -0.112. The normalized spacial score (nSPS) is 11.1. The van der Waals surface area contributed by atoms with Gasteiger partial charge >= 0.3 is 0 Å². The molecule has 4 rings (SSSR count). The molecule has 0 fully saturated rings. The number of anilines is 1. The van der Waals surface area contributed by atoms with Gasteiger partial charge < -0.3 is 14.8 Å². The van der Waals surface area contributed by atoms with E-state index in [2.05, 4.69) is 36.5 Å².